The van der Waals surface area contributed by atoms with E-state index in [4.69, 9.17) is 27.9 Å². The normalized spacial score (nSPS) is 20.4. The number of nitrogens with zero attached hydrogens (tertiary/aromatic N) is 2. The number of aromatic nitrogens is 1. The molecule has 1 aromatic heterocycles. The molecule has 4 nitrogen and oxygen atoms in total. The number of carbonyl (C=O) groups is 1. The van der Waals surface area contributed by atoms with Crippen molar-refractivity contribution in [3.63, 3.8) is 0 Å². The first-order valence-electron chi connectivity index (χ1n) is 5.30. The van der Waals surface area contributed by atoms with Crippen LogP contribution in [0.5, 0.6) is 0 Å². The second-order valence-corrected chi connectivity index (χ2v) is 4.68. The molecule has 0 radical (unpaired) electrons. The van der Waals surface area contributed by atoms with Crippen LogP contribution in [0.3, 0.4) is 0 Å². The maximum Gasteiger partial charge on any atom is 0.274 e. The highest BCUT2D eigenvalue weighted by Crippen LogP contribution is 2.20. The van der Waals surface area contributed by atoms with Crippen LogP contribution in [0, 0.1) is 0 Å². The third-order valence-corrected chi connectivity index (χ3v) is 3.16. The van der Waals surface area contributed by atoms with E-state index in [1.54, 1.807) is 17.0 Å². The minimum Gasteiger partial charge on any atom is -0.377 e. The summed E-state index contributed by atoms with van der Waals surface area (Å²) in [4.78, 5) is 17.9. The molecular formula is C11H12Cl2N2O2. The monoisotopic (exact) mass is 274 g/mol. The summed E-state index contributed by atoms with van der Waals surface area (Å²) in [6.07, 6.45) is 0. The van der Waals surface area contributed by atoms with Gasteiger partial charge in [0.05, 0.1) is 24.3 Å². The molecule has 1 aliphatic heterocycles. The molecule has 0 N–H and O–H groups in total. The van der Waals surface area contributed by atoms with E-state index in [-0.39, 0.29) is 22.8 Å². The molecule has 1 fully saturated rings. The first-order chi connectivity index (χ1) is 8.09. The average Bonchev–Trinajstić information content (AvgIpc) is 2.32. The fraction of sp³-hybridized carbons (Fsp3) is 0.455. The predicted octanol–water partition coefficient (Wildman–Crippen LogP) is 2.25. The van der Waals surface area contributed by atoms with Gasteiger partial charge in [0.1, 0.15) is 10.8 Å². The van der Waals surface area contributed by atoms with Gasteiger partial charge in [0.2, 0.25) is 0 Å². The van der Waals surface area contributed by atoms with Gasteiger partial charge in [-0.05, 0) is 19.1 Å². The molecule has 0 bridgehead atoms. The van der Waals surface area contributed by atoms with Crippen molar-refractivity contribution in [2.45, 2.75) is 13.0 Å². The van der Waals surface area contributed by atoms with Gasteiger partial charge >= 0.3 is 0 Å². The van der Waals surface area contributed by atoms with Crippen LogP contribution in [0.1, 0.15) is 17.4 Å². The summed E-state index contributed by atoms with van der Waals surface area (Å²) in [5, 5.41) is 0.580. The third kappa shape index (κ3) is 2.70. The Morgan fingerprint density at radius 2 is 2.29 bits per heavy atom. The molecule has 1 atom stereocenters. The number of morpholine rings is 1. The molecule has 0 unspecified atom stereocenters. The lowest BCUT2D eigenvalue weighted by atomic mass is 10.2. The quantitative estimate of drug-likeness (QED) is 0.738. The van der Waals surface area contributed by atoms with Crippen molar-refractivity contribution in [2.75, 3.05) is 19.8 Å². The number of pyridine rings is 1. The lowest BCUT2D eigenvalue weighted by Crippen LogP contribution is -2.47. The Labute approximate surface area is 109 Å². The van der Waals surface area contributed by atoms with Gasteiger partial charge < -0.3 is 9.64 Å². The van der Waals surface area contributed by atoms with Crippen molar-refractivity contribution in [3.05, 3.63) is 28.0 Å². The van der Waals surface area contributed by atoms with Crippen LogP contribution in [0.15, 0.2) is 12.1 Å². The minimum absolute atomic E-state index is 0.0214. The van der Waals surface area contributed by atoms with Crippen molar-refractivity contribution in [1.82, 2.24) is 9.88 Å². The molecular weight excluding hydrogens is 263 g/mol. The van der Waals surface area contributed by atoms with Gasteiger partial charge in [0.15, 0.2) is 0 Å². The Morgan fingerprint density at radius 3 is 3.00 bits per heavy atom. The Kier molecular flexibility index (Phi) is 3.86. The number of ether oxygens (including phenoxy) is 1. The van der Waals surface area contributed by atoms with E-state index in [0.717, 1.165) is 0 Å². The number of carbonyl (C=O) groups excluding carboxylic acids is 1. The average molecular weight is 275 g/mol. The molecule has 1 aliphatic rings. The van der Waals surface area contributed by atoms with E-state index in [9.17, 15) is 4.79 Å². The van der Waals surface area contributed by atoms with Gasteiger partial charge in [-0.1, -0.05) is 23.2 Å². The van der Waals surface area contributed by atoms with Crippen molar-refractivity contribution in [3.8, 4) is 0 Å². The Balaban J connectivity index is 2.26. The number of rotatable bonds is 1. The Bertz CT molecular complexity index is 439. The van der Waals surface area contributed by atoms with E-state index in [1.165, 1.54) is 0 Å². The summed E-state index contributed by atoms with van der Waals surface area (Å²) in [5.74, 6) is -0.201. The van der Waals surface area contributed by atoms with Crippen molar-refractivity contribution in [2.24, 2.45) is 0 Å². The van der Waals surface area contributed by atoms with Gasteiger partial charge in [-0.15, -0.1) is 0 Å². The zero-order valence-electron chi connectivity index (χ0n) is 9.32. The topological polar surface area (TPSA) is 42.4 Å². The molecule has 0 aliphatic carbocycles. The first-order valence-corrected chi connectivity index (χ1v) is 6.06. The highest BCUT2D eigenvalue weighted by Gasteiger charge is 2.27. The van der Waals surface area contributed by atoms with Crippen LogP contribution < -0.4 is 0 Å². The molecule has 92 valence electrons. The fourth-order valence-corrected chi connectivity index (χ4v) is 2.07. The van der Waals surface area contributed by atoms with Gasteiger partial charge in [-0.2, -0.15) is 0 Å². The summed E-state index contributed by atoms with van der Waals surface area (Å²) in [5.41, 5.74) is 0.202. The molecule has 0 spiro atoms. The molecule has 0 aromatic carbocycles. The van der Waals surface area contributed by atoms with Crippen molar-refractivity contribution in [1.29, 1.82) is 0 Å². The van der Waals surface area contributed by atoms with E-state index in [0.29, 0.717) is 24.8 Å². The highest BCUT2D eigenvalue weighted by molar-refractivity contribution is 6.34. The summed E-state index contributed by atoms with van der Waals surface area (Å²) in [6, 6.07) is 3.16. The lowest BCUT2D eigenvalue weighted by molar-refractivity contribution is 0.00328. The zero-order chi connectivity index (χ0) is 12.4. The van der Waals surface area contributed by atoms with E-state index >= 15 is 0 Å². The zero-order valence-corrected chi connectivity index (χ0v) is 10.8. The standard InChI is InChI=1S/C11H12Cl2N2O2/c1-7-6-17-5-4-15(7)11(16)10-8(12)2-3-9(13)14-10/h2-3,7H,4-6H2,1H3/t7-/m1/s1. The van der Waals surface area contributed by atoms with Crippen LogP contribution >= 0.6 is 23.2 Å². The Hall–Kier alpha value is -0.840. The lowest BCUT2D eigenvalue weighted by Gasteiger charge is -2.33. The summed E-state index contributed by atoms with van der Waals surface area (Å²) in [7, 11) is 0. The largest absolute Gasteiger partial charge is 0.377 e. The maximum absolute atomic E-state index is 12.2. The second kappa shape index (κ2) is 5.21. The van der Waals surface area contributed by atoms with Gasteiger partial charge in [0, 0.05) is 6.54 Å². The molecule has 1 saturated heterocycles. The van der Waals surface area contributed by atoms with Crippen LogP contribution in [0.2, 0.25) is 10.2 Å². The number of halogens is 2. The molecule has 6 heteroatoms. The van der Waals surface area contributed by atoms with Crippen molar-refractivity contribution >= 4 is 29.1 Å². The molecule has 1 aromatic rings. The van der Waals surface area contributed by atoms with Gasteiger partial charge in [-0.25, -0.2) is 4.98 Å². The summed E-state index contributed by atoms with van der Waals surface area (Å²) >= 11 is 11.7. The second-order valence-electron chi connectivity index (χ2n) is 3.89. The molecule has 17 heavy (non-hydrogen) atoms. The van der Waals surface area contributed by atoms with E-state index in [1.807, 2.05) is 6.92 Å². The number of hydrogen-bond acceptors (Lipinski definition) is 3. The SMILES string of the molecule is C[C@@H]1COCCN1C(=O)c1nc(Cl)ccc1Cl. The van der Waals surface area contributed by atoms with Gasteiger partial charge in [0.25, 0.3) is 5.91 Å². The molecule has 1 amide bonds. The Morgan fingerprint density at radius 1 is 1.53 bits per heavy atom. The minimum atomic E-state index is -0.201. The van der Waals surface area contributed by atoms with Crippen LogP contribution in [0.25, 0.3) is 0 Å². The predicted molar refractivity (Wildman–Crippen MR) is 65.6 cm³/mol. The number of hydrogen-bond donors (Lipinski definition) is 0. The highest BCUT2D eigenvalue weighted by atomic mass is 35.5. The summed E-state index contributed by atoms with van der Waals surface area (Å²) in [6.45, 7) is 3.54. The van der Waals surface area contributed by atoms with E-state index < -0.39 is 0 Å². The third-order valence-electron chi connectivity index (χ3n) is 2.64. The molecule has 2 heterocycles. The first kappa shape index (κ1) is 12.6. The maximum atomic E-state index is 12.2. The van der Waals surface area contributed by atoms with E-state index in [2.05, 4.69) is 4.98 Å². The molecule has 0 saturated carbocycles. The summed E-state index contributed by atoms with van der Waals surface area (Å²) < 4.78 is 5.28. The smallest absolute Gasteiger partial charge is 0.274 e. The number of amides is 1. The van der Waals surface area contributed by atoms with Crippen molar-refractivity contribution < 1.29 is 9.53 Å². The van der Waals surface area contributed by atoms with Crippen LogP contribution in [-0.4, -0.2) is 41.6 Å². The fourth-order valence-electron chi connectivity index (χ4n) is 1.73. The van der Waals surface area contributed by atoms with Gasteiger partial charge in [-0.3, -0.25) is 4.79 Å². The molecule has 2 rings (SSSR count). The van der Waals surface area contributed by atoms with Crippen LogP contribution in [-0.2, 0) is 4.74 Å². The van der Waals surface area contributed by atoms with Crippen LogP contribution in [0.4, 0.5) is 0 Å².